The third-order valence-electron chi connectivity index (χ3n) is 7.71. The Hall–Kier alpha value is -4.72. The van der Waals surface area contributed by atoms with Crippen LogP contribution in [0, 0.1) is 0 Å². The lowest BCUT2D eigenvalue weighted by molar-refractivity contribution is -0.137. The highest BCUT2D eigenvalue weighted by Crippen LogP contribution is 2.41. The van der Waals surface area contributed by atoms with Crippen LogP contribution < -0.4 is 9.47 Å². The van der Waals surface area contributed by atoms with Gasteiger partial charge < -0.3 is 19.4 Å². The van der Waals surface area contributed by atoms with E-state index in [0.29, 0.717) is 36.6 Å². The number of hydrogen-bond donors (Lipinski definition) is 1. The van der Waals surface area contributed by atoms with Crippen molar-refractivity contribution in [2.75, 3.05) is 13.7 Å². The molecule has 2 heterocycles. The smallest absolute Gasteiger partial charge is 0.416 e. The fraction of sp³-hybridized carbons (Fsp3) is 0.206. The maximum absolute atomic E-state index is 13.8. The normalized spacial score (nSPS) is 15.0. The summed E-state index contributed by atoms with van der Waals surface area (Å²) in [6.45, 7) is 0.805. The van der Waals surface area contributed by atoms with Crippen LogP contribution in [0.25, 0.3) is 10.9 Å². The Balaban J connectivity index is 1.29. The van der Waals surface area contributed by atoms with Gasteiger partial charge in [-0.2, -0.15) is 13.2 Å². The molecule has 1 atom stereocenters. The average molecular weight is 571 g/mol. The number of H-pyrrole nitrogens is 1. The molecule has 0 fully saturated rings. The molecular formula is C34H29F3N2O3. The number of amides is 1. The molecule has 0 spiro atoms. The van der Waals surface area contributed by atoms with Crippen molar-refractivity contribution < 1.29 is 27.4 Å². The predicted molar refractivity (Wildman–Crippen MR) is 154 cm³/mol. The molecule has 42 heavy (non-hydrogen) atoms. The largest absolute Gasteiger partial charge is 0.497 e. The summed E-state index contributed by atoms with van der Waals surface area (Å²) in [7, 11) is 1.59. The SMILES string of the molecule is COc1ccc2[nH]c3c(c2c1)CCN(C(=O)Cc1ccc(OCc2ccccc2)cc1)[C@H]3c1cccc(C(F)(F)F)c1. The highest BCUT2D eigenvalue weighted by Gasteiger charge is 2.37. The minimum Gasteiger partial charge on any atom is -0.497 e. The Morgan fingerprint density at radius 2 is 1.67 bits per heavy atom. The van der Waals surface area contributed by atoms with E-state index >= 15 is 0 Å². The number of benzene rings is 4. The van der Waals surface area contributed by atoms with Crippen molar-refractivity contribution in [1.82, 2.24) is 9.88 Å². The maximum Gasteiger partial charge on any atom is 0.416 e. The van der Waals surface area contributed by atoms with E-state index in [1.807, 2.05) is 72.8 Å². The third kappa shape index (κ3) is 5.57. The van der Waals surface area contributed by atoms with Crippen LogP contribution in [0.5, 0.6) is 11.5 Å². The minimum absolute atomic E-state index is 0.109. The summed E-state index contributed by atoms with van der Waals surface area (Å²) in [6.07, 6.45) is -3.83. The molecule has 0 saturated heterocycles. The van der Waals surface area contributed by atoms with Gasteiger partial charge in [0.15, 0.2) is 0 Å². The van der Waals surface area contributed by atoms with E-state index in [2.05, 4.69) is 4.98 Å². The van der Waals surface area contributed by atoms with Crippen molar-refractivity contribution in [3.05, 3.63) is 131 Å². The van der Waals surface area contributed by atoms with Gasteiger partial charge in [-0.1, -0.05) is 54.6 Å². The van der Waals surface area contributed by atoms with Gasteiger partial charge in [-0.25, -0.2) is 0 Å². The first-order valence-electron chi connectivity index (χ1n) is 13.7. The number of carbonyl (C=O) groups is 1. The van der Waals surface area contributed by atoms with Gasteiger partial charge in [-0.15, -0.1) is 0 Å². The van der Waals surface area contributed by atoms with Gasteiger partial charge in [0.1, 0.15) is 18.1 Å². The van der Waals surface area contributed by atoms with Gasteiger partial charge in [0.05, 0.1) is 25.1 Å². The van der Waals surface area contributed by atoms with E-state index in [1.165, 1.54) is 6.07 Å². The minimum atomic E-state index is -4.50. The number of alkyl halides is 3. The van der Waals surface area contributed by atoms with Crippen LogP contribution in [0.15, 0.2) is 97.1 Å². The van der Waals surface area contributed by atoms with Crippen LogP contribution in [-0.2, 0) is 30.4 Å². The van der Waals surface area contributed by atoms with Crippen LogP contribution in [0.3, 0.4) is 0 Å². The number of nitrogens with zero attached hydrogens (tertiary/aromatic N) is 1. The molecule has 0 unspecified atom stereocenters. The summed E-state index contributed by atoms with van der Waals surface area (Å²) in [5.41, 5.74) is 4.06. The second-order valence-corrected chi connectivity index (χ2v) is 10.4. The molecule has 1 aliphatic rings. The second-order valence-electron chi connectivity index (χ2n) is 10.4. The van der Waals surface area contributed by atoms with Crippen molar-refractivity contribution in [3.8, 4) is 11.5 Å². The highest BCUT2D eigenvalue weighted by molar-refractivity contribution is 5.88. The van der Waals surface area contributed by atoms with Crippen molar-refractivity contribution >= 4 is 16.8 Å². The molecule has 6 rings (SSSR count). The van der Waals surface area contributed by atoms with Crippen LogP contribution in [0.2, 0.25) is 0 Å². The monoisotopic (exact) mass is 570 g/mol. The molecule has 5 nitrogen and oxygen atoms in total. The fourth-order valence-corrected chi connectivity index (χ4v) is 5.62. The summed E-state index contributed by atoms with van der Waals surface area (Å²) >= 11 is 0. The zero-order valence-corrected chi connectivity index (χ0v) is 22.9. The van der Waals surface area contributed by atoms with E-state index in [0.717, 1.165) is 45.4 Å². The number of carbonyl (C=O) groups excluding carboxylic acids is 1. The van der Waals surface area contributed by atoms with E-state index in [1.54, 1.807) is 18.1 Å². The van der Waals surface area contributed by atoms with Crippen LogP contribution in [-0.4, -0.2) is 29.4 Å². The summed E-state index contributed by atoms with van der Waals surface area (Å²) in [5.74, 6) is 1.21. The van der Waals surface area contributed by atoms with Crippen LogP contribution >= 0.6 is 0 Å². The molecule has 0 aliphatic carbocycles. The summed E-state index contributed by atoms with van der Waals surface area (Å²) in [4.78, 5) is 18.9. The van der Waals surface area contributed by atoms with E-state index in [4.69, 9.17) is 9.47 Å². The van der Waals surface area contributed by atoms with Crippen molar-refractivity contribution in [2.45, 2.75) is 31.7 Å². The molecule has 1 aliphatic heterocycles. The zero-order chi connectivity index (χ0) is 29.3. The first-order valence-corrected chi connectivity index (χ1v) is 13.7. The number of aromatic nitrogens is 1. The van der Waals surface area contributed by atoms with Crippen LogP contribution in [0.4, 0.5) is 13.2 Å². The van der Waals surface area contributed by atoms with Crippen molar-refractivity contribution in [1.29, 1.82) is 0 Å². The number of rotatable bonds is 7. The summed E-state index contributed by atoms with van der Waals surface area (Å²) in [5, 5.41) is 0.944. The molecule has 0 saturated carbocycles. The Kier molecular flexibility index (Phi) is 7.37. The van der Waals surface area contributed by atoms with Gasteiger partial charge in [0.2, 0.25) is 5.91 Å². The number of fused-ring (bicyclic) bond motifs is 3. The van der Waals surface area contributed by atoms with Gasteiger partial charge in [0.25, 0.3) is 0 Å². The molecule has 1 aromatic heterocycles. The number of ether oxygens (including phenoxy) is 2. The number of aromatic amines is 1. The van der Waals surface area contributed by atoms with E-state index in [-0.39, 0.29) is 12.3 Å². The number of hydrogen-bond acceptors (Lipinski definition) is 3. The Labute approximate surface area is 241 Å². The first kappa shape index (κ1) is 27.4. The van der Waals surface area contributed by atoms with Crippen molar-refractivity contribution in [2.24, 2.45) is 0 Å². The molecule has 0 bridgehead atoms. The predicted octanol–water partition coefficient (Wildman–Crippen LogP) is 7.49. The lowest BCUT2D eigenvalue weighted by Gasteiger charge is -2.36. The maximum atomic E-state index is 13.8. The topological polar surface area (TPSA) is 54.6 Å². The van der Waals surface area contributed by atoms with Gasteiger partial charge in [-0.3, -0.25) is 4.79 Å². The fourth-order valence-electron chi connectivity index (χ4n) is 5.62. The van der Waals surface area contributed by atoms with E-state index < -0.39 is 17.8 Å². The standard InChI is InChI=1S/C34H29F3N2O3/c1-41-27-14-15-30-29(20-27)28-16-17-39(33(32(28)38-30)24-8-5-9-25(19-24)34(35,36)37)31(40)18-22-10-12-26(13-11-22)42-21-23-6-3-2-4-7-23/h2-15,19-20,33,38H,16-18,21H2,1H3/t33-/m0/s1. The molecule has 1 amide bonds. The third-order valence-corrected chi connectivity index (χ3v) is 7.71. The Morgan fingerprint density at radius 3 is 2.40 bits per heavy atom. The number of halogens is 3. The second kappa shape index (κ2) is 11.3. The molecule has 8 heteroatoms. The molecule has 5 aromatic rings. The lowest BCUT2D eigenvalue weighted by Crippen LogP contribution is -2.41. The zero-order valence-electron chi connectivity index (χ0n) is 22.9. The number of methoxy groups -OCH3 is 1. The lowest BCUT2D eigenvalue weighted by atomic mass is 9.91. The van der Waals surface area contributed by atoms with Crippen molar-refractivity contribution in [3.63, 3.8) is 0 Å². The molecule has 0 radical (unpaired) electrons. The Bertz CT molecular complexity index is 1710. The first-order chi connectivity index (χ1) is 20.3. The van der Waals surface area contributed by atoms with Crippen LogP contribution in [0.1, 0.15) is 39.6 Å². The summed E-state index contributed by atoms with van der Waals surface area (Å²) < 4.78 is 52.4. The highest BCUT2D eigenvalue weighted by atomic mass is 19.4. The Morgan fingerprint density at radius 1 is 0.905 bits per heavy atom. The van der Waals surface area contributed by atoms with Gasteiger partial charge >= 0.3 is 6.18 Å². The summed E-state index contributed by atoms with van der Waals surface area (Å²) in [6, 6.07) is 27.4. The molecule has 4 aromatic carbocycles. The molecular weight excluding hydrogens is 541 g/mol. The average Bonchev–Trinajstić information content (AvgIpc) is 3.38. The van der Waals surface area contributed by atoms with Gasteiger partial charge in [-0.05, 0) is 71.1 Å². The molecule has 1 N–H and O–H groups in total. The molecule has 214 valence electrons. The van der Waals surface area contributed by atoms with Gasteiger partial charge in [0, 0.05) is 23.1 Å². The quantitative estimate of drug-likeness (QED) is 0.221. The number of nitrogens with one attached hydrogen (secondary N) is 1. The van der Waals surface area contributed by atoms with E-state index in [9.17, 15) is 18.0 Å².